The molecule has 1 unspecified atom stereocenters. The van der Waals surface area contributed by atoms with Crippen LogP contribution in [-0.2, 0) is 6.42 Å². The van der Waals surface area contributed by atoms with Gasteiger partial charge in [-0.05, 0) is 40.9 Å². The summed E-state index contributed by atoms with van der Waals surface area (Å²) in [5.41, 5.74) is 8.65. The van der Waals surface area contributed by atoms with E-state index in [-0.39, 0.29) is 0 Å². The van der Waals surface area contributed by atoms with E-state index in [0.29, 0.717) is 12.6 Å². The van der Waals surface area contributed by atoms with Gasteiger partial charge in [-0.2, -0.15) is 0 Å². The van der Waals surface area contributed by atoms with Crippen LogP contribution in [0.5, 0.6) is 0 Å². The average molecular weight is 296 g/mol. The van der Waals surface area contributed by atoms with Crippen molar-refractivity contribution in [3.63, 3.8) is 0 Å². The quantitative estimate of drug-likeness (QED) is 0.773. The molecule has 0 amide bonds. The third kappa shape index (κ3) is 2.94. The zero-order chi connectivity index (χ0) is 14.7. The average Bonchev–Trinajstić information content (AvgIpc) is 2.96. The normalized spacial score (nSPS) is 12.5. The summed E-state index contributed by atoms with van der Waals surface area (Å²) < 4.78 is 1.35. The smallest absolute Gasteiger partial charge is 0.0449 e. The lowest BCUT2D eigenvalue weighted by atomic mass is 10.0. The van der Waals surface area contributed by atoms with E-state index in [9.17, 15) is 0 Å². The zero-order valence-corrected chi connectivity index (χ0v) is 13.0. The number of likely N-dealkylation sites (N-methyl/N-ethyl adjacent to an activating group) is 1. The molecule has 0 aliphatic heterocycles. The van der Waals surface area contributed by atoms with Crippen molar-refractivity contribution in [1.82, 2.24) is 0 Å². The van der Waals surface area contributed by atoms with Gasteiger partial charge in [0, 0.05) is 30.0 Å². The van der Waals surface area contributed by atoms with Crippen molar-refractivity contribution >= 4 is 27.1 Å². The molecule has 0 aliphatic rings. The highest BCUT2D eigenvalue weighted by Gasteiger charge is 2.16. The number of fused-ring (bicyclic) bond motifs is 1. The van der Waals surface area contributed by atoms with Crippen molar-refractivity contribution in [3.8, 4) is 0 Å². The molecule has 3 aromatic rings. The van der Waals surface area contributed by atoms with Crippen molar-refractivity contribution in [2.24, 2.45) is 5.73 Å². The zero-order valence-electron chi connectivity index (χ0n) is 12.2. The molecule has 0 fully saturated rings. The molecule has 0 aliphatic carbocycles. The molecule has 0 radical (unpaired) electrons. The predicted molar refractivity (Wildman–Crippen MR) is 93.2 cm³/mol. The summed E-state index contributed by atoms with van der Waals surface area (Å²) in [6, 6.07) is 19.4. The number of benzene rings is 2. The molecule has 1 heterocycles. The second kappa shape index (κ2) is 6.29. The number of para-hydroxylation sites is 1. The lowest BCUT2D eigenvalue weighted by Gasteiger charge is -2.29. The van der Waals surface area contributed by atoms with E-state index in [2.05, 4.69) is 65.9 Å². The van der Waals surface area contributed by atoms with Gasteiger partial charge >= 0.3 is 0 Å². The van der Waals surface area contributed by atoms with Gasteiger partial charge in [0.05, 0.1) is 0 Å². The molecule has 1 atom stereocenters. The highest BCUT2D eigenvalue weighted by atomic mass is 32.1. The van der Waals surface area contributed by atoms with Gasteiger partial charge < -0.3 is 10.6 Å². The van der Waals surface area contributed by atoms with Crippen LogP contribution >= 0.6 is 11.3 Å². The standard InChI is InChI=1S/C18H20N2S/c1-20(15-7-3-2-4-8-15)16(12-19)11-14-13-21-18-10-6-5-9-17(14)18/h2-10,13,16H,11-12,19H2,1H3. The monoisotopic (exact) mass is 296 g/mol. The number of nitrogens with two attached hydrogens (primary N) is 1. The Kier molecular flexibility index (Phi) is 4.23. The Bertz CT molecular complexity index is 705. The van der Waals surface area contributed by atoms with E-state index >= 15 is 0 Å². The summed E-state index contributed by atoms with van der Waals surface area (Å²) in [6.07, 6.45) is 0.978. The van der Waals surface area contributed by atoms with Gasteiger partial charge in [0.15, 0.2) is 0 Å². The highest BCUT2D eigenvalue weighted by Crippen LogP contribution is 2.27. The summed E-state index contributed by atoms with van der Waals surface area (Å²) in [5.74, 6) is 0. The van der Waals surface area contributed by atoms with Gasteiger partial charge in [0.25, 0.3) is 0 Å². The van der Waals surface area contributed by atoms with Crippen LogP contribution in [-0.4, -0.2) is 19.6 Å². The van der Waals surface area contributed by atoms with E-state index in [1.54, 1.807) is 0 Å². The largest absolute Gasteiger partial charge is 0.370 e. The van der Waals surface area contributed by atoms with E-state index in [4.69, 9.17) is 5.73 Å². The Morgan fingerprint density at radius 1 is 1.05 bits per heavy atom. The molecule has 2 N–H and O–H groups in total. The molecule has 0 saturated carbocycles. The van der Waals surface area contributed by atoms with Crippen molar-refractivity contribution in [2.45, 2.75) is 12.5 Å². The van der Waals surface area contributed by atoms with Gasteiger partial charge in [-0.25, -0.2) is 0 Å². The molecule has 0 bridgehead atoms. The number of hydrogen-bond acceptors (Lipinski definition) is 3. The van der Waals surface area contributed by atoms with Gasteiger partial charge in [-0.3, -0.25) is 0 Å². The third-order valence-electron chi connectivity index (χ3n) is 4.00. The Morgan fingerprint density at radius 2 is 1.76 bits per heavy atom. The van der Waals surface area contributed by atoms with Crippen LogP contribution in [0.3, 0.4) is 0 Å². The number of rotatable bonds is 5. The molecule has 21 heavy (non-hydrogen) atoms. The summed E-state index contributed by atoms with van der Waals surface area (Å²) >= 11 is 1.81. The lowest BCUT2D eigenvalue weighted by Crippen LogP contribution is -2.39. The van der Waals surface area contributed by atoms with Crippen LogP contribution in [0, 0.1) is 0 Å². The lowest BCUT2D eigenvalue weighted by molar-refractivity contribution is 0.637. The summed E-state index contributed by atoms with van der Waals surface area (Å²) in [5, 5.41) is 3.63. The fourth-order valence-electron chi connectivity index (χ4n) is 2.70. The van der Waals surface area contributed by atoms with Gasteiger partial charge in [-0.15, -0.1) is 11.3 Å². The Hall–Kier alpha value is -1.84. The Balaban J connectivity index is 1.84. The first kappa shape index (κ1) is 14.1. The summed E-state index contributed by atoms with van der Waals surface area (Å²) in [7, 11) is 2.13. The number of hydrogen-bond donors (Lipinski definition) is 1. The van der Waals surface area contributed by atoms with E-state index in [1.807, 2.05) is 17.4 Å². The highest BCUT2D eigenvalue weighted by molar-refractivity contribution is 7.17. The Morgan fingerprint density at radius 3 is 2.52 bits per heavy atom. The minimum absolute atomic E-state index is 0.311. The minimum atomic E-state index is 0.311. The second-order valence-corrected chi connectivity index (χ2v) is 6.21. The first-order valence-electron chi connectivity index (χ1n) is 7.22. The number of thiophene rings is 1. The number of nitrogens with zero attached hydrogens (tertiary/aromatic N) is 1. The maximum absolute atomic E-state index is 6.03. The molecular formula is C18H20N2S. The molecular weight excluding hydrogens is 276 g/mol. The van der Waals surface area contributed by atoms with Crippen LogP contribution in [0.15, 0.2) is 60.0 Å². The molecule has 0 spiro atoms. The van der Waals surface area contributed by atoms with Gasteiger partial charge in [0.1, 0.15) is 0 Å². The molecule has 0 saturated heterocycles. The van der Waals surface area contributed by atoms with Crippen LogP contribution in [0.1, 0.15) is 5.56 Å². The predicted octanol–water partition coefficient (Wildman–Crippen LogP) is 3.91. The molecule has 1 aromatic heterocycles. The first-order valence-corrected chi connectivity index (χ1v) is 8.10. The van der Waals surface area contributed by atoms with Gasteiger partial charge in [0.2, 0.25) is 0 Å². The molecule has 3 rings (SSSR count). The van der Waals surface area contributed by atoms with Crippen LogP contribution in [0.2, 0.25) is 0 Å². The van der Waals surface area contributed by atoms with Crippen LogP contribution < -0.4 is 10.6 Å². The second-order valence-electron chi connectivity index (χ2n) is 5.30. The van der Waals surface area contributed by atoms with Crippen molar-refractivity contribution < 1.29 is 0 Å². The van der Waals surface area contributed by atoms with Crippen molar-refractivity contribution in [2.75, 3.05) is 18.5 Å². The number of anilines is 1. The van der Waals surface area contributed by atoms with E-state index < -0.39 is 0 Å². The Labute approximate surface area is 129 Å². The topological polar surface area (TPSA) is 29.3 Å². The van der Waals surface area contributed by atoms with E-state index in [0.717, 1.165) is 6.42 Å². The van der Waals surface area contributed by atoms with Crippen LogP contribution in [0.25, 0.3) is 10.1 Å². The molecule has 108 valence electrons. The summed E-state index contributed by atoms with van der Waals surface area (Å²) in [4.78, 5) is 2.28. The van der Waals surface area contributed by atoms with E-state index in [1.165, 1.54) is 21.3 Å². The van der Waals surface area contributed by atoms with Crippen molar-refractivity contribution in [3.05, 3.63) is 65.5 Å². The summed E-state index contributed by atoms with van der Waals surface area (Å²) in [6.45, 7) is 0.648. The first-order chi connectivity index (χ1) is 10.3. The van der Waals surface area contributed by atoms with Gasteiger partial charge in [-0.1, -0.05) is 36.4 Å². The SMILES string of the molecule is CN(c1ccccc1)C(CN)Cc1csc2ccccc12. The molecule has 2 nitrogen and oxygen atoms in total. The maximum atomic E-state index is 6.03. The molecule has 2 aromatic carbocycles. The fraction of sp³-hybridized carbons (Fsp3) is 0.222. The van der Waals surface area contributed by atoms with Crippen molar-refractivity contribution in [1.29, 1.82) is 0 Å². The fourth-order valence-corrected chi connectivity index (χ4v) is 3.67. The minimum Gasteiger partial charge on any atom is -0.370 e. The third-order valence-corrected chi connectivity index (χ3v) is 5.01. The van der Waals surface area contributed by atoms with Crippen LogP contribution in [0.4, 0.5) is 5.69 Å². The maximum Gasteiger partial charge on any atom is 0.0449 e. The molecule has 3 heteroatoms.